The number of halogens is 1. The van der Waals surface area contributed by atoms with Crippen LogP contribution in [0.4, 0.5) is 10.2 Å². The van der Waals surface area contributed by atoms with Gasteiger partial charge in [0, 0.05) is 47.7 Å². The van der Waals surface area contributed by atoms with Crippen LogP contribution in [0.25, 0.3) is 28.3 Å². The van der Waals surface area contributed by atoms with Crippen LogP contribution in [-0.4, -0.2) is 69.9 Å². The Balaban J connectivity index is 1.44. The molecule has 0 radical (unpaired) electrons. The van der Waals surface area contributed by atoms with Gasteiger partial charge in [0.05, 0.1) is 17.5 Å². The van der Waals surface area contributed by atoms with Crippen molar-refractivity contribution in [1.29, 1.82) is 0 Å². The van der Waals surface area contributed by atoms with Crippen LogP contribution in [0.15, 0.2) is 30.9 Å². The summed E-state index contributed by atoms with van der Waals surface area (Å²) in [5.74, 6) is -0.675. The molecule has 2 fully saturated rings. The number of fused-ring (bicyclic) bond motifs is 3. The first-order chi connectivity index (χ1) is 17.9. The number of hydrogen-bond donors (Lipinski definition) is 3. The molecule has 4 N–H and O–H groups in total. The molecule has 12 heteroatoms. The average Bonchev–Trinajstić information content (AvgIpc) is 3.61. The van der Waals surface area contributed by atoms with E-state index in [1.165, 1.54) is 36.1 Å². The molecule has 0 aliphatic carbocycles. The molecule has 6 heterocycles. The van der Waals surface area contributed by atoms with Crippen molar-refractivity contribution >= 4 is 23.2 Å². The smallest absolute Gasteiger partial charge is 0.248 e. The number of aromatic nitrogens is 6. The first-order valence-electron chi connectivity index (χ1n) is 12.1. The first-order valence-corrected chi connectivity index (χ1v) is 12.1. The van der Waals surface area contributed by atoms with E-state index in [2.05, 4.69) is 20.1 Å². The van der Waals surface area contributed by atoms with Crippen molar-refractivity contribution in [3.63, 3.8) is 0 Å². The molecule has 37 heavy (non-hydrogen) atoms. The predicted octanol–water partition coefficient (Wildman–Crippen LogP) is 2.33. The number of nitrogens with one attached hydrogen (secondary N) is 1. The minimum Gasteiger partial charge on any atom is -0.387 e. The zero-order valence-electron chi connectivity index (χ0n) is 20.1. The van der Waals surface area contributed by atoms with E-state index in [9.17, 15) is 19.1 Å². The largest absolute Gasteiger partial charge is 0.387 e. The number of nitrogen functional groups attached to an aromatic ring is 1. The number of pyridine rings is 1. The van der Waals surface area contributed by atoms with Gasteiger partial charge < -0.3 is 20.7 Å². The van der Waals surface area contributed by atoms with Crippen LogP contribution in [0.1, 0.15) is 54.6 Å². The van der Waals surface area contributed by atoms with Crippen LogP contribution in [0.3, 0.4) is 0 Å². The fourth-order valence-corrected chi connectivity index (χ4v) is 5.94. The number of imidazole rings is 1. The number of amides is 1. The fourth-order valence-electron chi connectivity index (χ4n) is 5.94. The van der Waals surface area contributed by atoms with Crippen molar-refractivity contribution in [2.75, 3.05) is 12.3 Å². The van der Waals surface area contributed by atoms with E-state index in [-0.39, 0.29) is 41.2 Å². The van der Waals surface area contributed by atoms with E-state index < -0.39 is 12.4 Å². The Kier molecular flexibility index (Phi) is 5.48. The maximum atomic E-state index is 15.0. The molecular formula is C25H25FN8O3. The third-order valence-corrected chi connectivity index (χ3v) is 7.48. The van der Waals surface area contributed by atoms with Gasteiger partial charge in [0.15, 0.2) is 23.1 Å². The molecule has 0 spiro atoms. The number of carbonyl (C=O) groups excluding carboxylic acids is 2. The third-order valence-electron chi connectivity index (χ3n) is 7.48. The summed E-state index contributed by atoms with van der Waals surface area (Å²) in [7, 11) is 0. The summed E-state index contributed by atoms with van der Waals surface area (Å²) in [4.78, 5) is 42.8. The molecule has 4 aromatic rings. The molecule has 3 atom stereocenters. The van der Waals surface area contributed by atoms with Crippen molar-refractivity contribution in [3.8, 4) is 22.6 Å². The normalized spacial score (nSPS) is 21.1. The van der Waals surface area contributed by atoms with Gasteiger partial charge in [0.25, 0.3) is 0 Å². The highest BCUT2D eigenvalue weighted by atomic mass is 19.1. The number of carbonyl (C=O) groups is 2. The van der Waals surface area contributed by atoms with Gasteiger partial charge in [-0.3, -0.25) is 9.59 Å². The van der Waals surface area contributed by atoms with E-state index in [0.717, 1.165) is 12.8 Å². The lowest BCUT2D eigenvalue weighted by molar-refractivity contribution is -0.138. The highest BCUT2D eigenvalue weighted by Gasteiger charge is 2.44. The maximum Gasteiger partial charge on any atom is 0.248 e. The second kappa shape index (κ2) is 8.73. The lowest BCUT2D eigenvalue weighted by Gasteiger charge is -2.39. The second-order valence-corrected chi connectivity index (χ2v) is 9.61. The fraction of sp³-hybridized carbons (Fsp3) is 0.360. The number of piperidine rings is 1. The second-order valence-electron chi connectivity index (χ2n) is 9.61. The molecule has 2 aliphatic rings. The first kappa shape index (κ1) is 23.2. The number of aliphatic hydroxyl groups excluding tert-OH is 1. The number of hydrogen-bond acceptors (Lipinski definition) is 8. The minimum atomic E-state index is -0.558. The monoisotopic (exact) mass is 504 g/mol. The van der Waals surface area contributed by atoms with Crippen LogP contribution >= 0.6 is 0 Å². The molecule has 2 aliphatic heterocycles. The van der Waals surface area contributed by atoms with Crippen molar-refractivity contribution in [2.24, 2.45) is 0 Å². The number of H-pyrrole nitrogens is 1. The van der Waals surface area contributed by atoms with Gasteiger partial charge >= 0.3 is 0 Å². The van der Waals surface area contributed by atoms with Crippen LogP contribution < -0.4 is 5.73 Å². The van der Waals surface area contributed by atoms with Gasteiger partial charge in [-0.05, 0) is 38.7 Å². The van der Waals surface area contributed by atoms with E-state index in [4.69, 9.17) is 10.7 Å². The maximum absolute atomic E-state index is 15.0. The minimum absolute atomic E-state index is 0.0284. The lowest BCUT2D eigenvalue weighted by Crippen LogP contribution is -2.47. The molecule has 11 nitrogen and oxygen atoms in total. The summed E-state index contributed by atoms with van der Waals surface area (Å²) >= 11 is 0. The van der Waals surface area contributed by atoms with Gasteiger partial charge in [0.1, 0.15) is 18.1 Å². The molecule has 190 valence electrons. The molecule has 1 amide bonds. The summed E-state index contributed by atoms with van der Waals surface area (Å²) in [6.45, 7) is 0.925. The quantitative estimate of drug-likeness (QED) is 0.350. The number of nitrogens with zero attached hydrogens (tertiary/aromatic N) is 6. The average molecular weight is 505 g/mol. The molecule has 6 rings (SSSR count). The van der Waals surface area contributed by atoms with Crippen molar-refractivity contribution in [2.45, 2.75) is 50.6 Å². The molecular weight excluding hydrogens is 479 g/mol. The van der Waals surface area contributed by atoms with Crippen LogP contribution in [0.2, 0.25) is 0 Å². The van der Waals surface area contributed by atoms with Crippen LogP contribution in [0, 0.1) is 5.82 Å². The molecule has 2 saturated heterocycles. The molecule has 0 saturated carbocycles. The van der Waals surface area contributed by atoms with Gasteiger partial charge in [-0.1, -0.05) is 0 Å². The van der Waals surface area contributed by atoms with Crippen molar-refractivity contribution < 1.29 is 19.1 Å². The van der Waals surface area contributed by atoms with Crippen molar-refractivity contribution in [3.05, 3.63) is 47.9 Å². The number of aromatic amines is 1. The van der Waals surface area contributed by atoms with Gasteiger partial charge in [-0.2, -0.15) is 9.61 Å². The van der Waals surface area contributed by atoms with Gasteiger partial charge in [-0.15, -0.1) is 0 Å². The number of nitrogens with two attached hydrogens (primary N) is 1. The SMILES string of the molecule is CC(=O)c1c(C2C[C@H]3CC[C@@H](C2)N3C(=O)CO)nc2c(-c3cnc(-c4ncc[nH]4)c(F)c3)cnn2c1N. The zero-order chi connectivity index (χ0) is 25.8. The number of ketones is 1. The summed E-state index contributed by atoms with van der Waals surface area (Å²) in [6, 6.07) is 1.29. The van der Waals surface area contributed by atoms with Crippen LogP contribution in [0.5, 0.6) is 0 Å². The number of Topliss-reactive ketones (excluding diaryl/α,β-unsaturated/α-hetero) is 1. The summed E-state index contributed by atoms with van der Waals surface area (Å²) in [5.41, 5.74) is 8.80. The van der Waals surface area contributed by atoms with Crippen molar-refractivity contribution in [1.82, 2.24) is 34.4 Å². The van der Waals surface area contributed by atoms with E-state index in [1.807, 2.05) is 0 Å². The number of rotatable bonds is 5. The molecule has 1 unspecified atom stereocenters. The Labute approximate surface area is 210 Å². The zero-order valence-corrected chi connectivity index (χ0v) is 20.1. The summed E-state index contributed by atoms with van der Waals surface area (Å²) in [6.07, 6.45) is 9.07. The molecule has 2 bridgehead atoms. The Hall–Kier alpha value is -4.19. The van der Waals surface area contributed by atoms with Crippen LogP contribution in [-0.2, 0) is 4.79 Å². The standard InChI is InChI=1S/C25H25FN8O3/c1-12(36)20-21(13-6-15-2-3-16(7-13)33(15)19(37)11-35)32-25-17(10-31-34(25)23(20)27)14-8-18(26)22(30-9-14)24-28-4-5-29-24/h4-5,8-10,13,15-16,35H,2-3,6-7,11,27H2,1H3,(H,28,29)/t13?,15-,16+. The highest BCUT2D eigenvalue weighted by molar-refractivity contribution is 6.00. The van der Waals surface area contributed by atoms with E-state index in [0.29, 0.717) is 46.7 Å². The van der Waals surface area contributed by atoms with E-state index in [1.54, 1.807) is 11.1 Å². The Morgan fingerprint density at radius 1 is 1.22 bits per heavy atom. The Morgan fingerprint density at radius 3 is 2.59 bits per heavy atom. The summed E-state index contributed by atoms with van der Waals surface area (Å²) in [5, 5.41) is 13.7. The predicted molar refractivity (Wildman–Crippen MR) is 131 cm³/mol. The Bertz CT molecular complexity index is 1520. The van der Waals surface area contributed by atoms with Gasteiger partial charge in [-0.25, -0.2) is 19.3 Å². The topological polar surface area (TPSA) is 155 Å². The molecule has 4 aromatic heterocycles. The lowest BCUT2D eigenvalue weighted by atomic mass is 9.85. The van der Waals surface area contributed by atoms with Gasteiger partial charge in [0.2, 0.25) is 5.91 Å². The third kappa shape index (κ3) is 3.67. The highest BCUT2D eigenvalue weighted by Crippen LogP contribution is 2.44. The number of anilines is 1. The summed E-state index contributed by atoms with van der Waals surface area (Å²) < 4.78 is 16.4. The Morgan fingerprint density at radius 2 is 1.97 bits per heavy atom. The van der Waals surface area contributed by atoms with E-state index >= 15 is 0 Å². The molecule has 0 aromatic carbocycles. The number of aliphatic hydroxyl groups is 1.